The average molecular weight is 393 g/mol. The second kappa shape index (κ2) is 7.40. The number of hydrogen-bond acceptors (Lipinski definition) is 8. The van der Waals surface area contributed by atoms with Crippen LogP contribution in [0.4, 0.5) is 5.69 Å². The van der Waals surface area contributed by atoms with Crippen molar-refractivity contribution in [2.24, 2.45) is 5.16 Å². The summed E-state index contributed by atoms with van der Waals surface area (Å²) >= 11 is 0. The number of nitrogens with zero attached hydrogens (tertiary/aromatic N) is 2. The van der Waals surface area contributed by atoms with E-state index in [0.717, 1.165) is 5.56 Å². The van der Waals surface area contributed by atoms with Crippen molar-refractivity contribution in [2.75, 3.05) is 12.8 Å². The van der Waals surface area contributed by atoms with Gasteiger partial charge in [0.1, 0.15) is 5.69 Å². The highest BCUT2D eigenvalue weighted by Gasteiger charge is 2.55. The molecule has 8 nitrogen and oxygen atoms in total. The van der Waals surface area contributed by atoms with Crippen molar-refractivity contribution < 1.29 is 24.0 Å². The van der Waals surface area contributed by atoms with Gasteiger partial charge in [0.25, 0.3) is 5.60 Å². The van der Waals surface area contributed by atoms with E-state index >= 15 is 0 Å². The van der Waals surface area contributed by atoms with E-state index in [2.05, 4.69) is 10.3 Å². The minimum Gasteiger partial charge on any atom is -0.466 e. The Hall–Kier alpha value is -3.65. The lowest BCUT2D eigenvalue weighted by Crippen LogP contribution is -2.46. The molecule has 3 N–H and O–H groups in total. The third kappa shape index (κ3) is 3.23. The van der Waals surface area contributed by atoms with E-state index < -0.39 is 17.7 Å². The van der Waals surface area contributed by atoms with Crippen LogP contribution < -0.4 is 5.73 Å². The molecule has 3 aromatic rings. The predicted molar refractivity (Wildman–Crippen MR) is 105 cm³/mol. The number of aliphatic hydroxyl groups excluding tert-OH is 1. The van der Waals surface area contributed by atoms with Crippen LogP contribution >= 0.6 is 0 Å². The summed E-state index contributed by atoms with van der Waals surface area (Å²) in [5.74, 6) is -0.325. The standard InChI is InChI=1S/C21H19N3O5/c1-27-20(26)21(12-17(24-29-21)14-9-5-6-10-15(14)22)19(25)16-11-18(28-23-16)13-7-3-2-4-8-13/h2-11,19,25H,12,22H2,1H3/t19-,21-/m0/s1. The van der Waals surface area contributed by atoms with E-state index in [0.29, 0.717) is 22.7 Å². The zero-order valence-corrected chi connectivity index (χ0v) is 15.6. The molecule has 0 bridgehead atoms. The SMILES string of the molecule is COC(=O)[C@@]1([C@@H](O)c2cc(-c3ccccc3)on2)CC(c2ccccc2N)=NO1. The summed E-state index contributed by atoms with van der Waals surface area (Å²) in [5, 5.41) is 19.0. The largest absolute Gasteiger partial charge is 0.466 e. The number of nitrogens with two attached hydrogens (primary N) is 1. The molecule has 29 heavy (non-hydrogen) atoms. The molecule has 0 aliphatic carbocycles. The van der Waals surface area contributed by atoms with Gasteiger partial charge in [-0.15, -0.1) is 0 Å². The van der Waals surface area contributed by atoms with Crippen molar-refractivity contribution in [3.63, 3.8) is 0 Å². The Morgan fingerprint density at radius 3 is 2.66 bits per heavy atom. The number of aliphatic hydroxyl groups is 1. The second-order valence-electron chi connectivity index (χ2n) is 6.66. The number of hydrogen-bond donors (Lipinski definition) is 2. The number of ether oxygens (including phenoxy) is 1. The molecular formula is C21H19N3O5. The minimum atomic E-state index is -1.79. The molecule has 0 fully saturated rings. The van der Waals surface area contributed by atoms with Gasteiger partial charge in [0.05, 0.1) is 19.2 Å². The van der Waals surface area contributed by atoms with Gasteiger partial charge in [-0.2, -0.15) is 0 Å². The first-order valence-corrected chi connectivity index (χ1v) is 8.93. The Morgan fingerprint density at radius 1 is 1.21 bits per heavy atom. The Bertz CT molecular complexity index is 1060. The van der Waals surface area contributed by atoms with Crippen molar-refractivity contribution >= 4 is 17.4 Å². The topological polar surface area (TPSA) is 120 Å². The van der Waals surface area contributed by atoms with Gasteiger partial charge in [0, 0.05) is 22.9 Å². The molecule has 2 atom stereocenters. The number of nitrogen functional groups attached to an aromatic ring is 1. The number of para-hydroxylation sites is 1. The lowest BCUT2D eigenvalue weighted by Gasteiger charge is -2.27. The molecule has 0 saturated heterocycles. The fourth-order valence-electron chi connectivity index (χ4n) is 3.29. The first-order valence-electron chi connectivity index (χ1n) is 8.93. The summed E-state index contributed by atoms with van der Waals surface area (Å²) in [4.78, 5) is 18.1. The Labute approximate surface area is 166 Å². The van der Waals surface area contributed by atoms with Gasteiger partial charge in [-0.25, -0.2) is 4.79 Å². The number of carbonyl (C=O) groups is 1. The highest BCUT2D eigenvalue weighted by Crippen LogP contribution is 2.40. The van der Waals surface area contributed by atoms with Gasteiger partial charge in [0.2, 0.25) is 0 Å². The number of anilines is 1. The van der Waals surface area contributed by atoms with Gasteiger partial charge < -0.3 is 24.9 Å². The fraction of sp³-hybridized carbons (Fsp3) is 0.190. The Morgan fingerprint density at radius 2 is 1.93 bits per heavy atom. The van der Waals surface area contributed by atoms with E-state index in [9.17, 15) is 9.90 Å². The third-order valence-electron chi connectivity index (χ3n) is 4.86. The summed E-state index contributed by atoms with van der Waals surface area (Å²) in [6, 6.07) is 17.9. The van der Waals surface area contributed by atoms with Crippen LogP contribution in [0.2, 0.25) is 0 Å². The molecule has 148 valence electrons. The van der Waals surface area contributed by atoms with Gasteiger partial charge in [-0.1, -0.05) is 58.8 Å². The molecule has 1 aromatic heterocycles. The van der Waals surface area contributed by atoms with E-state index in [4.69, 9.17) is 19.8 Å². The smallest absolute Gasteiger partial charge is 0.356 e. The number of aromatic nitrogens is 1. The van der Waals surface area contributed by atoms with Gasteiger partial charge in [0.15, 0.2) is 11.9 Å². The average Bonchev–Trinajstić information content (AvgIpc) is 3.42. The van der Waals surface area contributed by atoms with Gasteiger partial charge in [-0.05, 0) is 6.07 Å². The van der Waals surface area contributed by atoms with Crippen LogP contribution in [-0.4, -0.2) is 34.7 Å². The normalized spacial score (nSPS) is 19.3. The second-order valence-corrected chi connectivity index (χ2v) is 6.66. The lowest BCUT2D eigenvalue weighted by molar-refractivity contribution is -0.183. The minimum absolute atomic E-state index is 0.0391. The Balaban J connectivity index is 1.66. The van der Waals surface area contributed by atoms with Gasteiger partial charge >= 0.3 is 5.97 Å². The molecule has 0 amide bonds. The number of rotatable bonds is 5. The summed E-state index contributed by atoms with van der Waals surface area (Å²) in [6.07, 6.45) is -1.51. The molecule has 0 unspecified atom stereocenters. The molecule has 1 aliphatic rings. The molecular weight excluding hydrogens is 374 g/mol. The summed E-state index contributed by atoms with van der Waals surface area (Å²) in [7, 11) is 1.22. The molecule has 1 aliphatic heterocycles. The number of benzene rings is 2. The van der Waals surface area contributed by atoms with Crippen LogP contribution in [0.5, 0.6) is 0 Å². The monoisotopic (exact) mass is 393 g/mol. The molecule has 2 heterocycles. The fourth-order valence-corrected chi connectivity index (χ4v) is 3.29. The third-order valence-corrected chi connectivity index (χ3v) is 4.86. The zero-order chi connectivity index (χ0) is 20.4. The van der Waals surface area contributed by atoms with Crippen LogP contribution in [0.1, 0.15) is 23.8 Å². The maximum absolute atomic E-state index is 12.6. The highest BCUT2D eigenvalue weighted by atomic mass is 16.7. The quantitative estimate of drug-likeness (QED) is 0.505. The molecule has 4 rings (SSSR count). The summed E-state index contributed by atoms with van der Waals surface area (Å²) < 4.78 is 10.2. The van der Waals surface area contributed by atoms with Crippen LogP contribution in [0.3, 0.4) is 0 Å². The van der Waals surface area contributed by atoms with Gasteiger partial charge in [-0.3, -0.25) is 0 Å². The van der Waals surface area contributed by atoms with Crippen molar-refractivity contribution in [3.05, 3.63) is 71.9 Å². The lowest BCUT2D eigenvalue weighted by atomic mass is 9.87. The summed E-state index contributed by atoms with van der Waals surface area (Å²) in [6.45, 7) is 0. The molecule has 0 spiro atoms. The van der Waals surface area contributed by atoms with Crippen LogP contribution in [0, 0.1) is 0 Å². The first-order chi connectivity index (χ1) is 14.0. The zero-order valence-electron chi connectivity index (χ0n) is 15.6. The molecule has 8 heteroatoms. The number of esters is 1. The number of oxime groups is 1. The van der Waals surface area contributed by atoms with Crippen molar-refractivity contribution in [1.82, 2.24) is 5.16 Å². The van der Waals surface area contributed by atoms with E-state index in [-0.39, 0.29) is 12.1 Å². The molecule has 2 aromatic carbocycles. The van der Waals surface area contributed by atoms with Crippen molar-refractivity contribution in [3.8, 4) is 11.3 Å². The Kier molecular flexibility index (Phi) is 4.77. The number of carbonyl (C=O) groups excluding carboxylic acids is 1. The van der Waals surface area contributed by atoms with E-state index in [1.807, 2.05) is 30.3 Å². The van der Waals surface area contributed by atoms with Crippen molar-refractivity contribution in [1.29, 1.82) is 0 Å². The van der Waals surface area contributed by atoms with E-state index in [1.165, 1.54) is 7.11 Å². The molecule has 0 radical (unpaired) electrons. The van der Waals surface area contributed by atoms with Crippen LogP contribution in [0.15, 0.2) is 70.3 Å². The van der Waals surface area contributed by atoms with Crippen LogP contribution in [0.25, 0.3) is 11.3 Å². The predicted octanol–water partition coefficient (Wildman–Crippen LogP) is 2.69. The van der Waals surface area contributed by atoms with E-state index in [1.54, 1.807) is 30.3 Å². The van der Waals surface area contributed by atoms with Crippen molar-refractivity contribution in [2.45, 2.75) is 18.1 Å². The highest BCUT2D eigenvalue weighted by molar-refractivity contribution is 6.08. The number of methoxy groups -OCH3 is 1. The van der Waals surface area contributed by atoms with Crippen LogP contribution in [-0.2, 0) is 14.4 Å². The maximum Gasteiger partial charge on any atom is 0.356 e. The first kappa shape index (κ1) is 18.7. The summed E-state index contributed by atoms with van der Waals surface area (Å²) in [5.41, 5.74) is 6.67. The molecule has 0 saturated carbocycles. The maximum atomic E-state index is 12.6.